The van der Waals surface area contributed by atoms with E-state index in [4.69, 9.17) is 4.74 Å². The van der Waals surface area contributed by atoms with Crippen LogP contribution in [0.3, 0.4) is 0 Å². The smallest absolute Gasteiger partial charge is 0.248 e. The summed E-state index contributed by atoms with van der Waals surface area (Å²) in [6, 6.07) is 2.32. The third-order valence-corrected chi connectivity index (χ3v) is 9.55. The largest absolute Gasteiger partial charge is 0.367 e. The molecule has 1 amide bonds. The van der Waals surface area contributed by atoms with Crippen LogP contribution >= 0.6 is 0 Å². The number of likely N-dealkylation sites (N-methyl/N-ethyl adjacent to an activating group) is 1. The van der Waals surface area contributed by atoms with E-state index in [1.165, 1.54) is 0 Å². The molecule has 1 aliphatic heterocycles. The summed E-state index contributed by atoms with van der Waals surface area (Å²) in [6.07, 6.45) is 7.49. The van der Waals surface area contributed by atoms with Gasteiger partial charge in [0.2, 0.25) is 15.9 Å². The van der Waals surface area contributed by atoms with Crippen molar-refractivity contribution in [3.63, 3.8) is 0 Å². The zero-order valence-corrected chi connectivity index (χ0v) is 21.8. The van der Waals surface area contributed by atoms with Crippen molar-refractivity contribution in [2.45, 2.75) is 58.1 Å². The predicted molar refractivity (Wildman–Crippen MR) is 136 cm³/mol. The number of amides is 1. The minimum atomic E-state index is -3.35. The summed E-state index contributed by atoms with van der Waals surface area (Å²) < 4.78 is 33.5. The first-order valence-corrected chi connectivity index (χ1v) is 14.3. The third-order valence-electron chi connectivity index (χ3n) is 7.54. The second-order valence-electron chi connectivity index (χ2n) is 9.65. The molecule has 4 rings (SSSR count). The Kier molecular flexibility index (Phi) is 8.28. The Labute approximate surface area is 208 Å². The Balaban J connectivity index is 1.25. The fourth-order valence-electron chi connectivity index (χ4n) is 5.36. The highest BCUT2D eigenvalue weighted by atomic mass is 32.2. The molecule has 0 bridgehead atoms. The van der Waals surface area contributed by atoms with Crippen LogP contribution in [0.25, 0.3) is 11.0 Å². The van der Waals surface area contributed by atoms with Gasteiger partial charge >= 0.3 is 0 Å². The van der Waals surface area contributed by atoms with Gasteiger partial charge in [-0.3, -0.25) is 4.79 Å². The van der Waals surface area contributed by atoms with Gasteiger partial charge in [0.25, 0.3) is 0 Å². The van der Waals surface area contributed by atoms with Gasteiger partial charge in [0.05, 0.1) is 17.2 Å². The van der Waals surface area contributed by atoms with Crippen LogP contribution in [-0.4, -0.2) is 96.2 Å². The van der Waals surface area contributed by atoms with Gasteiger partial charge in [-0.15, -0.1) is 0 Å². The topological polar surface area (TPSA) is 112 Å². The van der Waals surface area contributed by atoms with Crippen molar-refractivity contribution >= 4 is 32.8 Å². The molecule has 2 aliphatic rings. The zero-order valence-electron chi connectivity index (χ0n) is 21.0. The summed E-state index contributed by atoms with van der Waals surface area (Å²) in [6.45, 7) is 5.99. The fraction of sp³-hybridized carbons (Fsp3) is 0.708. The molecule has 0 radical (unpaired) electrons. The van der Waals surface area contributed by atoms with Gasteiger partial charge in [-0.25, -0.2) is 18.4 Å². The molecule has 0 aromatic carbocycles. The van der Waals surface area contributed by atoms with Gasteiger partial charge in [0.1, 0.15) is 24.4 Å². The summed E-state index contributed by atoms with van der Waals surface area (Å²) in [5, 5.41) is 1.00. The molecule has 1 N–H and O–H groups in total. The lowest BCUT2D eigenvalue weighted by Gasteiger charge is -2.35. The van der Waals surface area contributed by atoms with E-state index >= 15 is 0 Å². The first-order valence-electron chi connectivity index (χ1n) is 12.7. The number of hydrogen-bond donors (Lipinski definition) is 1. The normalized spacial score (nSPS) is 23.6. The van der Waals surface area contributed by atoms with Crippen molar-refractivity contribution in [1.82, 2.24) is 24.2 Å². The lowest BCUT2D eigenvalue weighted by molar-refractivity contribution is -0.137. The molecule has 10 nitrogen and oxygen atoms in total. The van der Waals surface area contributed by atoms with E-state index in [2.05, 4.69) is 26.9 Å². The number of carbonyl (C=O) groups is 1. The van der Waals surface area contributed by atoms with Gasteiger partial charge < -0.3 is 19.5 Å². The van der Waals surface area contributed by atoms with Crippen LogP contribution in [0.4, 0.5) is 5.82 Å². The summed E-state index contributed by atoms with van der Waals surface area (Å²) in [4.78, 5) is 28.0. The highest BCUT2D eigenvalue weighted by Gasteiger charge is 2.35. The van der Waals surface area contributed by atoms with E-state index in [0.717, 1.165) is 42.5 Å². The van der Waals surface area contributed by atoms with E-state index in [1.54, 1.807) is 15.5 Å². The second-order valence-corrected chi connectivity index (χ2v) is 11.7. The molecule has 194 valence electrons. The lowest BCUT2D eigenvalue weighted by Crippen LogP contribution is -2.39. The molecule has 3 heterocycles. The monoisotopic (exact) mass is 506 g/mol. The van der Waals surface area contributed by atoms with Crippen molar-refractivity contribution in [1.29, 1.82) is 0 Å². The molecule has 11 heteroatoms. The van der Waals surface area contributed by atoms with Crippen LogP contribution in [0.5, 0.6) is 0 Å². The van der Waals surface area contributed by atoms with Gasteiger partial charge in [-0.05, 0) is 57.9 Å². The Morgan fingerprint density at radius 1 is 1.17 bits per heavy atom. The van der Waals surface area contributed by atoms with Crippen LogP contribution in [0.15, 0.2) is 18.6 Å². The maximum absolute atomic E-state index is 13.1. The number of aromatic amines is 1. The van der Waals surface area contributed by atoms with E-state index < -0.39 is 10.0 Å². The fourth-order valence-corrected chi connectivity index (χ4v) is 7.27. The van der Waals surface area contributed by atoms with Crippen LogP contribution in [0.2, 0.25) is 0 Å². The number of aromatic nitrogens is 3. The second kappa shape index (κ2) is 11.2. The number of carbonyl (C=O) groups excluding carboxylic acids is 1. The van der Waals surface area contributed by atoms with E-state index in [0.29, 0.717) is 38.6 Å². The quantitative estimate of drug-likeness (QED) is 0.526. The average molecular weight is 507 g/mol. The molecule has 1 saturated heterocycles. The Bertz CT molecular complexity index is 1090. The number of H-pyrrole nitrogens is 1. The average Bonchev–Trinajstić information content (AvgIpc) is 3.53. The SMILES string of the molecule is CCN(CC)C(=O)CO[C@@H]1CCN(S(=O)(=O)CC2CCC(N(C)c3ncnc4[nH]ccc34)CC2)C1. The number of nitrogens with zero attached hydrogens (tertiary/aromatic N) is 5. The molecule has 0 spiro atoms. The first-order chi connectivity index (χ1) is 16.8. The van der Waals surface area contributed by atoms with E-state index in [9.17, 15) is 13.2 Å². The van der Waals surface area contributed by atoms with Crippen molar-refractivity contribution in [3.05, 3.63) is 18.6 Å². The Hall–Kier alpha value is -2.24. The van der Waals surface area contributed by atoms with Crippen LogP contribution in [-0.2, 0) is 19.6 Å². The van der Waals surface area contributed by atoms with Gasteiger partial charge in [0.15, 0.2) is 0 Å². The standard InChI is InChI=1S/C24H38N6O4S/c1-4-29(5-2)22(31)15-34-20-11-13-30(14-20)35(32,33)16-18-6-8-19(9-7-18)28(3)24-21-10-12-25-23(21)26-17-27-24/h10,12,17-20H,4-9,11,13-16H2,1-3H3,(H,25,26,27)/t18?,19?,20-/m1/s1. The van der Waals surface area contributed by atoms with E-state index in [-0.39, 0.29) is 30.3 Å². The predicted octanol–water partition coefficient (Wildman–Crippen LogP) is 2.24. The van der Waals surface area contributed by atoms with Crippen molar-refractivity contribution in [2.24, 2.45) is 5.92 Å². The number of anilines is 1. The maximum atomic E-state index is 13.1. The number of nitrogens with one attached hydrogen (secondary N) is 1. The van der Waals surface area contributed by atoms with Crippen LogP contribution in [0.1, 0.15) is 46.0 Å². The lowest BCUT2D eigenvalue weighted by atomic mass is 9.86. The molecular weight excluding hydrogens is 468 g/mol. The number of rotatable bonds is 10. The first kappa shape index (κ1) is 25.8. The maximum Gasteiger partial charge on any atom is 0.248 e. The zero-order chi connectivity index (χ0) is 25.0. The molecular formula is C24H38N6O4S. The molecule has 35 heavy (non-hydrogen) atoms. The van der Waals surface area contributed by atoms with E-state index in [1.807, 2.05) is 26.1 Å². The van der Waals surface area contributed by atoms with Gasteiger partial charge in [-0.2, -0.15) is 4.31 Å². The summed E-state index contributed by atoms with van der Waals surface area (Å²) in [7, 11) is -1.29. The molecule has 2 aromatic heterocycles. The number of sulfonamides is 1. The number of ether oxygens (including phenoxy) is 1. The molecule has 1 saturated carbocycles. The molecule has 1 aliphatic carbocycles. The van der Waals surface area contributed by atoms with Gasteiger partial charge in [-0.1, -0.05) is 0 Å². The summed E-state index contributed by atoms with van der Waals surface area (Å²) in [5.41, 5.74) is 0.826. The molecule has 2 fully saturated rings. The van der Waals surface area contributed by atoms with Crippen LogP contribution in [0, 0.1) is 5.92 Å². The molecule has 2 aromatic rings. The van der Waals surface area contributed by atoms with Gasteiger partial charge in [0, 0.05) is 45.5 Å². The highest BCUT2D eigenvalue weighted by molar-refractivity contribution is 7.89. The number of hydrogen-bond acceptors (Lipinski definition) is 7. The molecule has 0 unspecified atom stereocenters. The Morgan fingerprint density at radius 2 is 1.91 bits per heavy atom. The van der Waals surface area contributed by atoms with Crippen molar-refractivity contribution < 1.29 is 17.9 Å². The molecule has 1 atom stereocenters. The third kappa shape index (κ3) is 5.95. The minimum Gasteiger partial charge on any atom is -0.367 e. The highest BCUT2D eigenvalue weighted by Crippen LogP contribution is 2.33. The minimum absolute atomic E-state index is 0.0131. The Morgan fingerprint density at radius 3 is 2.63 bits per heavy atom. The van der Waals surface area contributed by atoms with Crippen molar-refractivity contribution in [3.8, 4) is 0 Å². The van der Waals surface area contributed by atoms with Crippen LogP contribution < -0.4 is 4.90 Å². The van der Waals surface area contributed by atoms with Crippen molar-refractivity contribution in [2.75, 3.05) is 50.5 Å². The summed E-state index contributed by atoms with van der Waals surface area (Å²) >= 11 is 0. The summed E-state index contributed by atoms with van der Waals surface area (Å²) in [5.74, 6) is 1.21. The number of fused-ring (bicyclic) bond motifs is 1.